The van der Waals surface area contributed by atoms with Gasteiger partial charge in [-0.05, 0) is 49.3 Å². The summed E-state index contributed by atoms with van der Waals surface area (Å²) in [4.78, 5) is 1.24. The van der Waals surface area contributed by atoms with Gasteiger partial charge in [0.1, 0.15) is 0 Å². The molecule has 0 amide bonds. The van der Waals surface area contributed by atoms with Crippen molar-refractivity contribution in [3.63, 3.8) is 0 Å². The average molecular weight is 284 g/mol. The van der Waals surface area contributed by atoms with E-state index in [1.807, 2.05) is 30.0 Å². The van der Waals surface area contributed by atoms with E-state index in [0.717, 1.165) is 23.3 Å². The number of hydrogen-bond donors (Lipinski definition) is 1. The molecule has 1 saturated carbocycles. The Hall–Kier alpha value is -0.180. The lowest BCUT2D eigenvalue weighted by Gasteiger charge is -2.35. The molecular formula is C15H22ClNS. The zero-order chi connectivity index (χ0) is 13.1. The first kappa shape index (κ1) is 14.2. The van der Waals surface area contributed by atoms with Crippen LogP contribution in [0.1, 0.15) is 33.1 Å². The SMILES string of the molecule is CC(C)C1CCC(N)C(Sc2cccc(Cl)c2)C1. The van der Waals surface area contributed by atoms with Crippen LogP contribution in [0.25, 0.3) is 0 Å². The lowest BCUT2D eigenvalue weighted by Crippen LogP contribution is -2.39. The van der Waals surface area contributed by atoms with Crippen molar-refractivity contribution in [1.82, 2.24) is 0 Å². The highest BCUT2D eigenvalue weighted by molar-refractivity contribution is 8.00. The topological polar surface area (TPSA) is 26.0 Å². The molecule has 3 heteroatoms. The molecule has 0 spiro atoms. The van der Waals surface area contributed by atoms with Gasteiger partial charge in [0.05, 0.1) is 0 Å². The molecule has 2 rings (SSSR count). The normalized spacial score (nSPS) is 28.6. The van der Waals surface area contributed by atoms with E-state index in [9.17, 15) is 0 Å². The lowest BCUT2D eigenvalue weighted by molar-refractivity contribution is 0.266. The second-order valence-electron chi connectivity index (χ2n) is 5.59. The van der Waals surface area contributed by atoms with Gasteiger partial charge >= 0.3 is 0 Å². The largest absolute Gasteiger partial charge is 0.327 e. The highest BCUT2D eigenvalue weighted by Crippen LogP contribution is 2.38. The second-order valence-corrected chi connectivity index (χ2v) is 7.34. The van der Waals surface area contributed by atoms with Gasteiger partial charge in [0, 0.05) is 21.2 Å². The summed E-state index contributed by atoms with van der Waals surface area (Å²) in [7, 11) is 0. The Bertz CT molecular complexity index is 394. The first-order chi connectivity index (χ1) is 8.56. The van der Waals surface area contributed by atoms with Crippen LogP contribution < -0.4 is 5.73 Å². The molecule has 100 valence electrons. The highest BCUT2D eigenvalue weighted by Gasteiger charge is 2.30. The molecule has 0 heterocycles. The van der Waals surface area contributed by atoms with Crippen molar-refractivity contribution in [3.05, 3.63) is 29.3 Å². The Morgan fingerprint density at radius 2 is 2.11 bits per heavy atom. The number of benzene rings is 1. The van der Waals surface area contributed by atoms with Crippen LogP contribution in [-0.2, 0) is 0 Å². The number of thioether (sulfide) groups is 1. The quantitative estimate of drug-likeness (QED) is 0.878. The van der Waals surface area contributed by atoms with Crippen molar-refractivity contribution >= 4 is 23.4 Å². The van der Waals surface area contributed by atoms with E-state index in [4.69, 9.17) is 17.3 Å². The molecule has 0 aliphatic heterocycles. The van der Waals surface area contributed by atoms with E-state index in [0.29, 0.717) is 11.3 Å². The van der Waals surface area contributed by atoms with Gasteiger partial charge in [-0.2, -0.15) is 0 Å². The van der Waals surface area contributed by atoms with E-state index in [1.54, 1.807) is 0 Å². The molecule has 3 unspecified atom stereocenters. The van der Waals surface area contributed by atoms with E-state index in [1.165, 1.54) is 17.7 Å². The first-order valence-corrected chi connectivity index (χ1v) is 8.00. The maximum Gasteiger partial charge on any atom is 0.0417 e. The van der Waals surface area contributed by atoms with E-state index in [-0.39, 0.29) is 0 Å². The molecule has 1 aromatic rings. The third-order valence-electron chi connectivity index (χ3n) is 3.91. The maximum atomic E-state index is 6.27. The summed E-state index contributed by atoms with van der Waals surface area (Å²) in [6.07, 6.45) is 3.67. The third kappa shape index (κ3) is 3.66. The van der Waals surface area contributed by atoms with Crippen molar-refractivity contribution in [2.45, 2.75) is 49.3 Å². The molecular weight excluding hydrogens is 262 g/mol. The van der Waals surface area contributed by atoms with Gasteiger partial charge in [0.25, 0.3) is 0 Å². The van der Waals surface area contributed by atoms with Gasteiger partial charge in [-0.3, -0.25) is 0 Å². The molecule has 1 aliphatic rings. The molecule has 1 fully saturated rings. The lowest BCUT2D eigenvalue weighted by atomic mass is 9.79. The maximum absolute atomic E-state index is 6.27. The van der Waals surface area contributed by atoms with Crippen molar-refractivity contribution in [3.8, 4) is 0 Å². The Morgan fingerprint density at radius 3 is 2.78 bits per heavy atom. The van der Waals surface area contributed by atoms with E-state index >= 15 is 0 Å². The summed E-state index contributed by atoms with van der Waals surface area (Å²) < 4.78 is 0. The summed E-state index contributed by atoms with van der Waals surface area (Å²) in [5.74, 6) is 1.58. The smallest absolute Gasteiger partial charge is 0.0417 e. The molecule has 1 nitrogen and oxygen atoms in total. The minimum atomic E-state index is 0.323. The predicted molar refractivity (Wildman–Crippen MR) is 81.3 cm³/mol. The van der Waals surface area contributed by atoms with Crippen LogP contribution in [0.4, 0.5) is 0 Å². The van der Waals surface area contributed by atoms with Crippen LogP contribution in [0.5, 0.6) is 0 Å². The zero-order valence-corrected chi connectivity index (χ0v) is 12.7. The minimum absolute atomic E-state index is 0.323. The second kappa shape index (κ2) is 6.31. The molecule has 1 aromatic carbocycles. The number of halogens is 1. The standard InChI is InChI=1S/C15H22ClNS/c1-10(2)11-6-7-14(17)15(8-11)18-13-5-3-4-12(16)9-13/h3-5,9-11,14-15H,6-8,17H2,1-2H3. The van der Waals surface area contributed by atoms with Crippen LogP contribution in [0, 0.1) is 11.8 Å². The van der Waals surface area contributed by atoms with Crippen molar-refractivity contribution in [2.75, 3.05) is 0 Å². The zero-order valence-electron chi connectivity index (χ0n) is 11.1. The summed E-state index contributed by atoms with van der Waals surface area (Å²) in [5, 5.41) is 1.34. The molecule has 18 heavy (non-hydrogen) atoms. The van der Waals surface area contributed by atoms with Gasteiger partial charge in [-0.25, -0.2) is 0 Å². The van der Waals surface area contributed by atoms with Crippen LogP contribution in [-0.4, -0.2) is 11.3 Å². The Labute approximate surface area is 119 Å². The Balaban J connectivity index is 2.02. The number of rotatable bonds is 3. The van der Waals surface area contributed by atoms with Gasteiger partial charge in [0.15, 0.2) is 0 Å². The molecule has 3 atom stereocenters. The van der Waals surface area contributed by atoms with Gasteiger partial charge in [0.2, 0.25) is 0 Å². The first-order valence-electron chi connectivity index (χ1n) is 6.74. The third-order valence-corrected chi connectivity index (χ3v) is 5.52. The molecule has 1 aliphatic carbocycles. The summed E-state index contributed by atoms with van der Waals surface area (Å²) in [6, 6.07) is 8.42. The fraction of sp³-hybridized carbons (Fsp3) is 0.600. The van der Waals surface area contributed by atoms with Crippen molar-refractivity contribution in [2.24, 2.45) is 17.6 Å². The van der Waals surface area contributed by atoms with E-state index in [2.05, 4.69) is 19.9 Å². The minimum Gasteiger partial charge on any atom is -0.327 e. The van der Waals surface area contributed by atoms with Crippen LogP contribution in [0.3, 0.4) is 0 Å². The predicted octanol–water partition coefficient (Wildman–Crippen LogP) is 4.58. The molecule has 0 saturated heterocycles. The summed E-state index contributed by atoms with van der Waals surface area (Å²) >= 11 is 7.93. The fourth-order valence-corrected chi connectivity index (χ4v) is 4.25. The number of nitrogens with two attached hydrogens (primary N) is 1. The fourth-order valence-electron chi connectivity index (χ4n) is 2.64. The Kier molecular flexibility index (Phi) is 4.99. The average Bonchev–Trinajstić information content (AvgIpc) is 2.31. The van der Waals surface area contributed by atoms with Gasteiger partial charge in [-0.15, -0.1) is 11.8 Å². The van der Waals surface area contributed by atoms with Crippen molar-refractivity contribution in [1.29, 1.82) is 0 Å². The summed E-state index contributed by atoms with van der Waals surface area (Å²) in [5.41, 5.74) is 6.27. The molecule has 0 aromatic heterocycles. The Morgan fingerprint density at radius 1 is 1.33 bits per heavy atom. The number of hydrogen-bond acceptors (Lipinski definition) is 2. The van der Waals surface area contributed by atoms with E-state index < -0.39 is 0 Å². The highest BCUT2D eigenvalue weighted by atomic mass is 35.5. The van der Waals surface area contributed by atoms with Gasteiger partial charge in [-0.1, -0.05) is 31.5 Å². The molecule has 0 bridgehead atoms. The molecule has 0 radical (unpaired) electrons. The van der Waals surface area contributed by atoms with Crippen LogP contribution in [0.15, 0.2) is 29.2 Å². The van der Waals surface area contributed by atoms with Crippen LogP contribution >= 0.6 is 23.4 Å². The monoisotopic (exact) mass is 283 g/mol. The molecule has 2 N–H and O–H groups in total. The van der Waals surface area contributed by atoms with Gasteiger partial charge < -0.3 is 5.73 Å². The van der Waals surface area contributed by atoms with Crippen LogP contribution in [0.2, 0.25) is 5.02 Å². The summed E-state index contributed by atoms with van der Waals surface area (Å²) in [6.45, 7) is 4.64. The van der Waals surface area contributed by atoms with Crippen molar-refractivity contribution < 1.29 is 0 Å².